The summed E-state index contributed by atoms with van der Waals surface area (Å²) in [7, 11) is 0. The van der Waals surface area contributed by atoms with Crippen LogP contribution in [-0.2, 0) is 5.60 Å². The molecule has 2 nitrogen and oxygen atoms in total. The van der Waals surface area contributed by atoms with Crippen molar-refractivity contribution in [3.05, 3.63) is 29.8 Å². The predicted octanol–water partition coefficient (Wildman–Crippen LogP) is 3.63. The lowest BCUT2D eigenvalue weighted by molar-refractivity contribution is -0.00409. The highest BCUT2D eigenvalue weighted by molar-refractivity contribution is 5.34. The Morgan fingerprint density at radius 1 is 1.33 bits per heavy atom. The largest absolute Gasteiger partial charge is 0.490 e. The van der Waals surface area contributed by atoms with E-state index >= 15 is 0 Å². The van der Waals surface area contributed by atoms with E-state index in [0.717, 1.165) is 37.0 Å². The second-order valence-electron chi connectivity index (χ2n) is 5.77. The van der Waals surface area contributed by atoms with Gasteiger partial charge in [-0.25, -0.2) is 0 Å². The maximum Gasteiger partial charge on any atom is 0.120 e. The minimum atomic E-state index is -0.627. The van der Waals surface area contributed by atoms with Crippen LogP contribution in [0.3, 0.4) is 0 Å². The van der Waals surface area contributed by atoms with E-state index in [0.29, 0.717) is 12.0 Å². The Kier molecular flexibility index (Phi) is 3.06. The second kappa shape index (κ2) is 4.58. The van der Waals surface area contributed by atoms with Crippen molar-refractivity contribution in [2.24, 2.45) is 5.92 Å². The Morgan fingerprint density at radius 2 is 2.17 bits per heavy atom. The van der Waals surface area contributed by atoms with Gasteiger partial charge < -0.3 is 9.84 Å². The van der Waals surface area contributed by atoms with Crippen molar-refractivity contribution in [1.29, 1.82) is 0 Å². The average Bonchev–Trinajstić information content (AvgIpc) is 3.10. The molecule has 2 aliphatic carbocycles. The molecule has 0 aromatic heterocycles. The zero-order valence-corrected chi connectivity index (χ0v) is 11.1. The molecule has 0 saturated heterocycles. The monoisotopic (exact) mass is 246 g/mol. The van der Waals surface area contributed by atoms with Gasteiger partial charge in [-0.2, -0.15) is 0 Å². The molecule has 0 heterocycles. The molecule has 2 heteroatoms. The van der Waals surface area contributed by atoms with Crippen molar-refractivity contribution >= 4 is 0 Å². The number of rotatable bonds is 4. The third-order valence-electron chi connectivity index (χ3n) is 4.44. The Morgan fingerprint density at radius 3 is 2.89 bits per heavy atom. The van der Waals surface area contributed by atoms with E-state index in [1.807, 2.05) is 24.3 Å². The van der Waals surface area contributed by atoms with Crippen LogP contribution in [0.25, 0.3) is 0 Å². The van der Waals surface area contributed by atoms with Gasteiger partial charge in [0.05, 0.1) is 11.7 Å². The van der Waals surface area contributed by atoms with Crippen molar-refractivity contribution in [1.82, 2.24) is 0 Å². The highest BCUT2D eigenvalue weighted by Crippen LogP contribution is 2.45. The summed E-state index contributed by atoms with van der Waals surface area (Å²) in [6, 6.07) is 8.11. The SMILES string of the molecule is CCC1CCCC1(O)c1cccc(OC2CC2)c1. The van der Waals surface area contributed by atoms with Crippen LogP contribution >= 0.6 is 0 Å². The molecular formula is C16H22O2. The van der Waals surface area contributed by atoms with E-state index in [2.05, 4.69) is 6.92 Å². The zero-order valence-electron chi connectivity index (χ0n) is 11.1. The van der Waals surface area contributed by atoms with Crippen LogP contribution in [0.2, 0.25) is 0 Å². The Bertz CT molecular complexity index is 425. The number of ether oxygens (including phenoxy) is 1. The molecule has 2 aliphatic rings. The summed E-state index contributed by atoms with van der Waals surface area (Å²) >= 11 is 0. The molecule has 2 unspecified atom stereocenters. The number of hydrogen-bond donors (Lipinski definition) is 1. The molecule has 0 radical (unpaired) electrons. The first-order chi connectivity index (χ1) is 8.72. The van der Waals surface area contributed by atoms with Crippen molar-refractivity contribution in [2.45, 2.75) is 57.2 Å². The van der Waals surface area contributed by atoms with Gasteiger partial charge in [0.25, 0.3) is 0 Å². The van der Waals surface area contributed by atoms with Gasteiger partial charge in [0, 0.05) is 0 Å². The second-order valence-corrected chi connectivity index (χ2v) is 5.77. The van der Waals surface area contributed by atoms with E-state index in [-0.39, 0.29) is 0 Å². The van der Waals surface area contributed by atoms with Crippen LogP contribution in [0.4, 0.5) is 0 Å². The van der Waals surface area contributed by atoms with Crippen molar-refractivity contribution in [2.75, 3.05) is 0 Å². The molecule has 0 spiro atoms. The van der Waals surface area contributed by atoms with Crippen LogP contribution in [0, 0.1) is 5.92 Å². The molecule has 2 fully saturated rings. The fraction of sp³-hybridized carbons (Fsp3) is 0.625. The van der Waals surface area contributed by atoms with Crippen molar-refractivity contribution in [3.63, 3.8) is 0 Å². The molecular weight excluding hydrogens is 224 g/mol. The fourth-order valence-corrected chi connectivity index (χ4v) is 3.20. The van der Waals surface area contributed by atoms with Crippen LogP contribution < -0.4 is 4.74 Å². The highest BCUT2D eigenvalue weighted by Gasteiger charge is 2.41. The highest BCUT2D eigenvalue weighted by atomic mass is 16.5. The number of aliphatic hydroxyl groups is 1. The third kappa shape index (κ3) is 2.14. The molecule has 1 N–H and O–H groups in total. The zero-order chi connectivity index (χ0) is 12.6. The van der Waals surface area contributed by atoms with E-state index in [1.54, 1.807) is 0 Å². The average molecular weight is 246 g/mol. The molecule has 1 aromatic carbocycles. The van der Waals surface area contributed by atoms with Crippen molar-refractivity contribution < 1.29 is 9.84 Å². The smallest absolute Gasteiger partial charge is 0.120 e. The molecule has 2 saturated carbocycles. The summed E-state index contributed by atoms with van der Waals surface area (Å²) in [5.74, 6) is 1.32. The molecule has 18 heavy (non-hydrogen) atoms. The Balaban J connectivity index is 1.85. The third-order valence-corrected chi connectivity index (χ3v) is 4.44. The lowest BCUT2D eigenvalue weighted by Crippen LogP contribution is -2.29. The first-order valence-corrected chi connectivity index (χ1v) is 7.22. The molecule has 0 amide bonds. The first kappa shape index (κ1) is 12.0. The standard InChI is InChI=1S/C16H22O2/c1-2-12-6-4-10-16(12,17)13-5-3-7-15(11-13)18-14-8-9-14/h3,5,7,11-12,14,17H,2,4,6,8-10H2,1H3. The molecule has 2 atom stereocenters. The lowest BCUT2D eigenvalue weighted by atomic mass is 9.82. The summed E-state index contributed by atoms with van der Waals surface area (Å²) in [6.07, 6.45) is 6.96. The summed E-state index contributed by atoms with van der Waals surface area (Å²) in [4.78, 5) is 0. The van der Waals surface area contributed by atoms with E-state index in [9.17, 15) is 5.11 Å². The van der Waals surface area contributed by atoms with Gasteiger partial charge in [-0.15, -0.1) is 0 Å². The molecule has 0 bridgehead atoms. The summed E-state index contributed by atoms with van der Waals surface area (Å²) in [5, 5.41) is 10.9. The quantitative estimate of drug-likeness (QED) is 0.879. The van der Waals surface area contributed by atoms with Gasteiger partial charge in [-0.05, 0) is 55.7 Å². The van der Waals surface area contributed by atoms with Gasteiger partial charge >= 0.3 is 0 Å². The van der Waals surface area contributed by atoms with Crippen LogP contribution in [0.15, 0.2) is 24.3 Å². The van der Waals surface area contributed by atoms with Crippen molar-refractivity contribution in [3.8, 4) is 5.75 Å². The van der Waals surface area contributed by atoms with Gasteiger partial charge in [0.2, 0.25) is 0 Å². The Hall–Kier alpha value is -1.02. The van der Waals surface area contributed by atoms with E-state index in [4.69, 9.17) is 4.74 Å². The summed E-state index contributed by atoms with van der Waals surface area (Å²) in [6.45, 7) is 2.17. The topological polar surface area (TPSA) is 29.5 Å². The number of hydrogen-bond acceptors (Lipinski definition) is 2. The first-order valence-electron chi connectivity index (χ1n) is 7.22. The van der Waals surface area contributed by atoms with Crippen LogP contribution in [-0.4, -0.2) is 11.2 Å². The van der Waals surface area contributed by atoms with Gasteiger partial charge in [0.15, 0.2) is 0 Å². The minimum absolute atomic E-state index is 0.397. The van der Waals surface area contributed by atoms with E-state index in [1.165, 1.54) is 12.8 Å². The molecule has 0 aliphatic heterocycles. The van der Waals surface area contributed by atoms with Gasteiger partial charge in [-0.1, -0.05) is 25.5 Å². The van der Waals surface area contributed by atoms with Gasteiger partial charge in [-0.3, -0.25) is 0 Å². The number of benzene rings is 1. The minimum Gasteiger partial charge on any atom is -0.490 e. The maximum absolute atomic E-state index is 10.9. The van der Waals surface area contributed by atoms with E-state index < -0.39 is 5.60 Å². The molecule has 3 rings (SSSR count). The van der Waals surface area contributed by atoms with Crippen LogP contribution in [0.1, 0.15) is 51.0 Å². The van der Waals surface area contributed by atoms with Gasteiger partial charge in [0.1, 0.15) is 5.75 Å². The normalized spacial score (nSPS) is 31.6. The summed E-state index contributed by atoms with van der Waals surface area (Å²) in [5.41, 5.74) is 0.419. The maximum atomic E-state index is 10.9. The van der Waals surface area contributed by atoms with Crippen LogP contribution in [0.5, 0.6) is 5.75 Å². The lowest BCUT2D eigenvalue weighted by Gasteiger charge is -2.30. The molecule has 98 valence electrons. The predicted molar refractivity (Wildman–Crippen MR) is 71.6 cm³/mol. The Labute approximate surface area is 109 Å². The fourth-order valence-electron chi connectivity index (χ4n) is 3.20. The molecule has 1 aromatic rings. The summed E-state index contributed by atoms with van der Waals surface area (Å²) < 4.78 is 5.83.